The number of anilines is 2. The van der Waals surface area contributed by atoms with Crippen molar-refractivity contribution >= 4 is 71.6 Å². The number of rotatable bonds is 10. The molecule has 350 valence electrons. The Morgan fingerprint density at radius 2 is 1.55 bits per heavy atom. The number of nitrogens with zero attached hydrogens (tertiary/aromatic N) is 7. The molecule has 7 heterocycles. The van der Waals surface area contributed by atoms with Gasteiger partial charge in [-0.1, -0.05) is 26.0 Å². The number of benzene rings is 1. The molecule has 8 N–H and O–H groups in total. The number of hydrogen-bond acceptors (Lipinski definition) is 19. The van der Waals surface area contributed by atoms with Crippen LogP contribution in [0.15, 0.2) is 54.4 Å². The van der Waals surface area contributed by atoms with Gasteiger partial charge >= 0.3 is 14.6 Å². The molecule has 3 aliphatic heterocycles. The van der Waals surface area contributed by atoms with Crippen molar-refractivity contribution in [2.45, 2.75) is 81.7 Å². The van der Waals surface area contributed by atoms with Gasteiger partial charge in [-0.25, -0.2) is 42.8 Å². The maximum absolute atomic E-state index is 16.8. The van der Waals surface area contributed by atoms with Crippen LogP contribution in [0.5, 0.6) is 0 Å². The van der Waals surface area contributed by atoms with Crippen molar-refractivity contribution in [3.05, 3.63) is 65.5 Å². The van der Waals surface area contributed by atoms with E-state index in [2.05, 4.69) is 40.5 Å². The quantitative estimate of drug-likeness (QED) is 0.110. The molecule has 2 unspecified atom stereocenters. The molecule has 4 aromatic heterocycles. The lowest BCUT2D eigenvalue weighted by Gasteiger charge is -2.26. The van der Waals surface area contributed by atoms with Gasteiger partial charge in [-0.05, 0) is 41.9 Å². The lowest BCUT2D eigenvalue weighted by atomic mass is 10.0. The Balaban J connectivity index is 1.05. The van der Waals surface area contributed by atoms with Crippen molar-refractivity contribution in [3.63, 3.8) is 0 Å². The summed E-state index contributed by atoms with van der Waals surface area (Å²) < 4.78 is 98.5. The number of nitrogen functional groups attached to an aromatic ring is 1. The van der Waals surface area contributed by atoms with Gasteiger partial charge in [0.05, 0.1) is 50.9 Å². The minimum atomic E-state index is -5.04. The second-order valence-electron chi connectivity index (χ2n) is 15.7. The summed E-state index contributed by atoms with van der Waals surface area (Å²) in [5.74, 6) is -2.58. The topological polar surface area (TPSA) is 327 Å². The van der Waals surface area contributed by atoms with Crippen LogP contribution in [-0.2, 0) is 52.0 Å². The van der Waals surface area contributed by atoms with Crippen molar-refractivity contribution in [3.8, 4) is 0 Å². The number of fused-ring (bicyclic) bond motifs is 4. The maximum atomic E-state index is 16.8. The zero-order chi connectivity index (χ0) is 46.4. The number of ether oxygens (including phenoxy) is 2. The van der Waals surface area contributed by atoms with Gasteiger partial charge in [0, 0.05) is 17.4 Å². The van der Waals surface area contributed by atoms with E-state index in [1.54, 1.807) is 38.1 Å². The number of phosphoric acid groups is 1. The molecule has 0 spiro atoms. The van der Waals surface area contributed by atoms with Gasteiger partial charge in [-0.2, -0.15) is 0 Å². The van der Waals surface area contributed by atoms with E-state index in [1.165, 1.54) is 17.8 Å². The summed E-state index contributed by atoms with van der Waals surface area (Å²) >= 11 is 0.630. The normalized spacial score (nSPS) is 30.8. The Hall–Kier alpha value is -4.79. The van der Waals surface area contributed by atoms with E-state index in [0.29, 0.717) is 22.6 Å². The molecule has 8 rings (SSSR count). The molecule has 5 aromatic rings. The zero-order valence-electron chi connectivity index (χ0n) is 34.6. The second kappa shape index (κ2) is 18.8. The highest BCUT2D eigenvalue weighted by atomic mass is 32.7. The first kappa shape index (κ1) is 46.7. The molecule has 3 saturated heterocycles. The summed E-state index contributed by atoms with van der Waals surface area (Å²) in [5, 5.41) is 5.28. The van der Waals surface area contributed by atoms with Crippen LogP contribution < -0.4 is 27.7 Å². The van der Waals surface area contributed by atoms with E-state index >= 15 is 8.78 Å². The fraction of sp³-hybridized carbons (Fsp3) is 0.500. The number of carbonyl (C=O) groups is 2. The molecule has 3 fully saturated rings. The number of imidazole rings is 2. The number of amides is 2. The van der Waals surface area contributed by atoms with Crippen molar-refractivity contribution in [1.29, 1.82) is 0 Å². The number of carbonyl (C=O) groups excluding carboxylic acids is 2. The molecule has 0 bridgehead atoms. The van der Waals surface area contributed by atoms with E-state index in [4.69, 9.17) is 39.0 Å². The minimum absolute atomic E-state index is 0.0146. The van der Waals surface area contributed by atoms with Crippen molar-refractivity contribution in [2.75, 3.05) is 30.9 Å². The summed E-state index contributed by atoms with van der Waals surface area (Å²) in [7, 11) is -5.04. The van der Waals surface area contributed by atoms with E-state index in [1.807, 2.05) is 0 Å². The average Bonchev–Trinajstić information content (AvgIpc) is 4.05. The molecular formula is C36H44F2N12O12P2S. The number of alkyl halides is 2. The third-order valence-corrected chi connectivity index (χ3v) is 15.5. The molecule has 2 amide bonds. The predicted octanol–water partition coefficient (Wildman–Crippen LogP) is 2.65. The van der Waals surface area contributed by atoms with Gasteiger partial charge in [-0.3, -0.25) is 41.6 Å². The number of nitrogens with one attached hydrogen (secondary N) is 3. The van der Waals surface area contributed by atoms with Crippen molar-refractivity contribution in [1.82, 2.24) is 44.4 Å². The molecule has 1 aromatic carbocycles. The number of nitrogens with two attached hydrogens (primary N) is 2. The number of halogens is 2. The Bertz CT molecular complexity index is 2720. The molecular weight excluding hydrogens is 924 g/mol. The van der Waals surface area contributed by atoms with Crippen molar-refractivity contribution in [2.24, 2.45) is 17.6 Å². The zero-order valence-corrected chi connectivity index (χ0v) is 37.2. The van der Waals surface area contributed by atoms with Gasteiger partial charge in [0.15, 0.2) is 47.4 Å². The van der Waals surface area contributed by atoms with Crippen LogP contribution in [-0.4, -0.2) is 118 Å². The van der Waals surface area contributed by atoms with Gasteiger partial charge < -0.3 is 41.5 Å². The number of hydrogen-bond donors (Lipinski definition) is 6. The fourth-order valence-electron chi connectivity index (χ4n) is 7.20. The molecule has 0 saturated carbocycles. The molecule has 24 nitrogen and oxygen atoms in total. The van der Waals surface area contributed by atoms with Crippen LogP contribution in [0.4, 0.5) is 20.3 Å². The summed E-state index contributed by atoms with van der Waals surface area (Å²) in [6, 6.07) is 4.60. The van der Waals surface area contributed by atoms with E-state index in [-0.39, 0.29) is 39.8 Å². The fourth-order valence-corrected chi connectivity index (χ4v) is 11.4. The summed E-state index contributed by atoms with van der Waals surface area (Å²) in [4.78, 5) is 71.1. The third-order valence-electron chi connectivity index (χ3n) is 10.9. The molecule has 0 radical (unpaired) electrons. The molecule has 29 heteroatoms. The Labute approximate surface area is 370 Å². The summed E-state index contributed by atoms with van der Waals surface area (Å²) in [6.45, 7) is -1.86. The van der Waals surface area contributed by atoms with Crippen LogP contribution in [0.2, 0.25) is 0 Å². The average molecular weight is 969 g/mol. The standard InChI is InChI=1S/C36H44F2N12O12P2S/c1-16(2)25(39)33(52)47-17(3)32(51)48-19-6-4-18(5-7-19)11-65-64(56)59-9-21-20(23(37)35(60-21)49-14-45-26-29(40)41-12-42-30(26)49)8-57-63(54,55)58-10-22-28(62-64)24(38)36(61-22)50-15-46-27-31(50)43-13-44-34(27)53/h4-7,12-17,20-25,28,35-36H,8-11,39H2,1-3H3,(H,47,52)(H,48,51)(H,54,55)(H2,40,41,42)(H,43,44,53)/t17-,20+,21+,22+,23+,24+,25-,28+,35+,36+,64?/m0/s1. The Morgan fingerprint density at radius 1 is 0.908 bits per heavy atom. The van der Waals surface area contributed by atoms with E-state index in [9.17, 15) is 28.4 Å². The molecule has 65 heavy (non-hydrogen) atoms. The summed E-state index contributed by atoms with van der Waals surface area (Å²) in [5.41, 5.74) is 12.2. The highest BCUT2D eigenvalue weighted by Gasteiger charge is 2.54. The van der Waals surface area contributed by atoms with Crippen LogP contribution in [0.25, 0.3) is 22.3 Å². The van der Waals surface area contributed by atoms with Crippen LogP contribution in [0.3, 0.4) is 0 Å². The first-order chi connectivity index (χ1) is 30.9. The van der Waals surface area contributed by atoms with Gasteiger partial charge in [0.1, 0.15) is 30.1 Å². The highest BCUT2D eigenvalue weighted by molar-refractivity contribution is 8.54. The van der Waals surface area contributed by atoms with E-state index in [0.717, 1.165) is 23.5 Å². The molecule has 12 atom stereocenters. The lowest BCUT2D eigenvalue weighted by molar-refractivity contribution is -0.127. The third kappa shape index (κ3) is 9.86. The first-order valence-electron chi connectivity index (χ1n) is 20.0. The van der Waals surface area contributed by atoms with Gasteiger partial charge in [-0.15, -0.1) is 0 Å². The predicted molar refractivity (Wildman–Crippen MR) is 226 cm³/mol. The van der Waals surface area contributed by atoms with E-state index < -0.39 is 113 Å². The largest absolute Gasteiger partial charge is 0.472 e. The number of H-pyrrole nitrogens is 1. The van der Waals surface area contributed by atoms with Gasteiger partial charge in [0.2, 0.25) is 11.8 Å². The molecule has 3 aliphatic rings. The van der Waals surface area contributed by atoms with Gasteiger partial charge in [0.25, 0.3) is 5.56 Å². The number of phosphoric ester groups is 1. The highest BCUT2D eigenvalue weighted by Crippen LogP contribution is 2.64. The van der Waals surface area contributed by atoms with Crippen LogP contribution in [0.1, 0.15) is 38.8 Å². The number of aromatic amines is 1. The summed E-state index contributed by atoms with van der Waals surface area (Å²) in [6.07, 6.45) is -7.50. The second-order valence-corrected chi connectivity index (χ2v) is 21.1. The Kier molecular flexibility index (Phi) is 13.5. The minimum Gasteiger partial charge on any atom is -0.382 e. The SMILES string of the molecule is CC(C)[C@H](N)C(=O)N[C@@H](C)C(=O)Nc1ccc(CSP2(=O)OC[C@H]3O[C@@H](n4cnc5c(N)ncnc54)[C@H](F)[C@@H]3COP(=O)(O)OC[C@H]3O[C@@H](n4cnc5c(=O)[nH]cnc54)[C@H](F)[C@@H]3O2)cc1. The maximum Gasteiger partial charge on any atom is 0.472 e. The Morgan fingerprint density at radius 3 is 2.28 bits per heavy atom. The monoisotopic (exact) mass is 968 g/mol. The van der Waals surface area contributed by atoms with Crippen LogP contribution >= 0.6 is 26.0 Å². The smallest absolute Gasteiger partial charge is 0.382 e. The first-order valence-corrected chi connectivity index (χ1v) is 24.6. The molecule has 0 aliphatic carbocycles. The van der Waals surface area contributed by atoms with Crippen molar-refractivity contribution < 1.29 is 60.0 Å². The lowest BCUT2D eigenvalue weighted by Crippen LogP contribution is -2.50. The number of aromatic nitrogens is 8. The van der Waals surface area contributed by atoms with Crippen LogP contribution in [0, 0.1) is 11.8 Å².